The van der Waals surface area contributed by atoms with Crippen LogP contribution < -0.4 is 4.74 Å². The van der Waals surface area contributed by atoms with Crippen molar-refractivity contribution in [1.29, 1.82) is 0 Å². The number of ether oxygens (including phenoxy) is 1. The van der Waals surface area contributed by atoms with E-state index in [0.717, 1.165) is 34.2 Å². The van der Waals surface area contributed by atoms with Crippen LogP contribution in [-0.4, -0.2) is 39.9 Å². The highest BCUT2D eigenvalue weighted by Gasteiger charge is 2.37. The zero-order valence-corrected chi connectivity index (χ0v) is 22.3. The lowest BCUT2D eigenvalue weighted by atomic mass is 10.00. The van der Waals surface area contributed by atoms with Gasteiger partial charge in [-0.2, -0.15) is 0 Å². The lowest BCUT2D eigenvalue weighted by molar-refractivity contribution is -0.136. The average Bonchev–Trinajstić information content (AvgIpc) is 3.16. The number of hydrogen-bond donors (Lipinski definition) is 0. The van der Waals surface area contributed by atoms with Gasteiger partial charge in [-0.1, -0.05) is 59.6 Å². The number of hydrogen-bond acceptors (Lipinski definition) is 5. The Morgan fingerprint density at radius 1 is 1.03 bits per heavy atom. The molecular weight excluding hydrogens is 550 g/mol. The third-order valence-corrected chi connectivity index (χ3v) is 7.73. The number of carbonyl (C=O) groups is 3. The van der Waals surface area contributed by atoms with E-state index in [1.807, 2.05) is 24.3 Å². The van der Waals surface area contributed by atoms with E-state index in [2.05, 4.69) is 0 Å². The van der Waals surface area contributed by atoms with Gasteiger partial charge in [-0.15, -0.1) is 0 Å². The first-order chi connectivity index (χ1) is 18.3. The number of halogens is 3. The van der Waals surface area contributed by atoms with Crippen molar-refractivity contribution < 1.29 is 23.5 Å². The molecule has 0 bridgehead atoms. The largest absolute Gasteiger partial charge is 0.486 e. The molecule has 0 spiro atoms. The average molecular weight is 571 g/mol. The monoisotopic (exact) mass is 570 g/mol. The molecule has 194 valence electrons. The lowest BCUT2D eigenvalue weighted by Crippen LogP contribution is -2.44. The van der Waals surface area contributed by atoms with Crippen LogP contribution in [0.4, 0.5) is 9.18 Å². The van der Waals surface area contributed by atoms with Gasteiger partial charge in [0.15, 0.2) is 5.75 Å². The Hall–Kier alpha value is -3.33. The fourth-order valence-corrected chi connectivity index (χ4v) is 5.72. The number of amides is 3. The SMILES string of the molecule is O=C(CN1C(=O)S/C(=C\c2cc(Cl)c(OCc3ccc(F)cc3)c(Cl)c2)C1=O)N1CCc2ccccc2C1. The minimum absolute atomic E-state index is 0.134. The van der Waals surface area contributed by atoms with Gasteiger partial charge in [-0.05, 0) is 70.8 Å². The Kier molecular flexibility index (Phi) is 7.74. The Labute approximate surface area is 233 Å². The van der Waals surface area contributed by atoms with Crippen molar-refractivity contribution >= 4 is 58.1 Å². The van der Waals surface area contributed by atoms with Crippen molar-refractivity contribution in [3.05, 3.63) is 104 Å². The smallest absolute Gasteiger partial charge is 0.294 e. The van der Waals surface area contributed by atoms with E-state index in [1.54, 1.807) is 29.2 Å². The molecular formula is C28H21Cl2FN2O4S. The normalized spacial score (nSPS) is 16.2. The molecule has 2 heterocycles. The molecule has 0 unspecified atom stereocenters. The summed E-state index contributed by atoms with van der Waals surface area (Å²) in [7, 11) is 0. The first kappa shape index (κ1) is 26.3. The Morgan fingerprint density at radius 2 is 1.71 bits per heavy atom. The number of thioether (sulfide) groups is 1. The quantitative estimate of drug-likeness (QED) is 0.324. The second-order valence-corrected chi connectivity index (χ2v) is 10.6. The van der Waals surface area contributed by atoms with E-state index in [4.69, 9.17) is 27.9 Å². The molecule has 0 aliphatic carbocycles. The summed E-state index contributed by atoms with van der Waals surface area (Å²) >= 11 is 13.5. The van der Waals surface area contributed by atoms with E-state index in [1.165, 1.54) is 23.8 Å². The van der Waals surface area contributed by atoms with Gasteiger partial charge >= 0.3 is 0 Å². The standard InChI is InChI=1S/C28H21Cl2FN2O4S/c29-22-11-18(12-23(30)26(22)37-16-17-5-7-21(31)8-6-17)13-24-27(35)33(28(36)38-24)15-25(34)32-10-9-19-3-1-2-4-20(19)14-32/h1-8,11-13H,9-10,14-16H2/b24-13-. The molecule has 3 aromatic rings. The number of fused-ring (bicyclic) bond motifs is 1. The summed E-state index contributed by atoms with van der Waals surface area (Å²) in [5.74, 6) is -0.928. The van der Waals surface area contributed by atoms with Crippen molar-refractivity contribution in [2.45, 2.75) is 19.6 Å². The molecule has 3 aromatic carbocycles. The predicted molar refractivity (Wildman–Crippen MR) is 145 cm³/mol. The Bertz CT molecular complexity index is 1440. The molecule has 10 heteroatoms. The molecule has 0 aromatic heterocycles. The first-order valence-corrected chi connectivity index (χ1v) is 13.3. The van der Waals surface area contributed by atoms with Crippen LogP contribution >= 0.6 is 35.0 Å². The van der Waals surface area contributed by atoms with E-state index >= 15 is 0 Å². The van der Waals surface area contributed by atoms with Crippen LogP contribution in [0.15, 0.2) is 65.6 Å². The van der Waals surface area contributed by atoms with Crippen molar-refractivity contribution in [3.8, 4) is 5.75 Å². The molecule has 2 aliphatic rings. The van der Waals surface area contributed by atoms with Crippen LogP contribution in [-0.2, 0) is 29.2 Å². The van der Waals surface area contributed by atoms with Crippen LogP contribution in [0.5, 0.6) is 5.75 Å². The summed E-state index contributed by atoms with van der Waals surface area (Å²) in [5, 5.41) is -0.0836. The zero-order valence-electron chi connectivity index (χ0n) is 20.0. The fraction of sp³-hybridized carbons (Fsp3) is 0.179. The number of benzene rings is 3. The summed E-state index contributed by atoms with van der Waals surface area (Å²) in [6.07, 6.45) is 2.24. The van der Waals surface area contributed by atoms with Gasteiger partial charge in [0.1, 0.15) is 19.0 Å². The molecule has 0 atom stereocenters. The van der Waals surface area contributed by atoms with E-state index in [9.17, 15) is 18.8 Å². The second-order valence-electron chi connectivity index (χ2n) is 8.83. The van der Waals surface area contributed by atoms with E-state index in [-0.39, 0.29) is 45.6 Å². The molecule has 0 N–H and O–H groups in total. The van der Waals surface area contributed by atoms with Gasteiger partial charge in [-0.25, -0.2) is 4.39 Å². The second kappa shape index (κ2) is 11.2. The molecule has 5 rings (SSSR count). The van der Waals surface area contributed by atoms with Gasteiger partial charge in [0.05, 0.1) is 15.0 Å². The fourth-order valence-electron chi connectivity index (χ4n) is 4.27. The Balaban J connectivity index is 1.25. The third kappa shape index (κ3) is 5.72. The first-order valence-electron chi connectivity index (χ1n) is 11.7. The van der Waals surface area contributed by atoms with Crippen LogP contribution in [0.2, 0.25) is 10.0 Å². The number of imide groups is 1. The van der Waals surface area contributed by atoms with Gasteiger partial charge in [0, 0.05) is 13.1 Å². The Morgan fingerprint density at radius 3 is 2.42 bits per heavy atom. The minimum atomic E-state index is -0.547. The van der Waals surface area contributed by atoms with Gasteiger partial charge in [0.25, 0.3) is 11.1 Å². The molecule has 1 saturated heterocycles. The molecule has 0 radical (unpaired) electrons. The third-order valence-electron chi connectivity index (χ3n) is 6.27. The van der Waals surface area contributed by atoms with Crippen LogP contribution in [0.25, 0.3) is 6.08 Å². The van der Waals surface area contributed by atoms with Crippen molar-refractivity contribution in [1.82, 2.24) is 9.80 Å². The maximum absolute atomic E-state index is 13.1. The van der Waals surface area contributed by atoms with Gasteiger partial charge < -0.3 is 9.64 Å². The molecule has 0 saturated carbocycles. The topological polar surface area (TPSA) is 66.9 Å². The van der Waals surface area contributed by atoms with E-state index in [0.29, 0.717) is 18.7 Å². The molecule has 38 heavy (non-hydrogen) atoms. The molecule has 3 amide bonds. The summed E-state index contributed by atoms with van der Waals surface area (Å²) in [6.45, 7) is 0.804. The van der Waals surface area contributed by atoms with Crippen LogP contribution in [0.1, 0.15) is 22.3 Å². The number of nitrogens with zero attached hydrogens (tertiary/aromatic N) is 2. The highest BCUT2D eigenvalue weighted by molar-refractivity contribution is 8.18. The molecule has 2 aliphatic heterocycles. The van der Waals surface area contributed by atoms with Crippen molar-refractivity contribution in [3.63, 3.8) is 0 Å². The van der Waals surface area contributed by atoms with Crippen molar-refractivity contribution in [2.24, 2.45) is 0 Å². The lowest BCUT2D eigenvalue weighted by Gasteiger charge is -2.29. The van der Waals surface area contributed by atoms with Crippen molar-refractivity contribution in [2.75, 3.05) is 13.1 Å². The highest BCUT2D eigenvalue weighted by Crippen LogP contribution is 2.38. The summed E-state index contributed by atoms with van der Waals surface area (Å²) < 4.78 is 18.8. The van der Waals surface area contributed by atoms with Crippen LogP contribution in [0, 0.1) is 5.82 Å². The van der Waals surface area contributed by atoms with Crippen LogP contribution in [0.3, 0.4) is 0 Å². The molecule has 6 nitrogen and oxygen atoms in total. The summed E-state index contributed by atoms with van der Waals surface area (Å²) in [4.78, 5) is 41.3. The summed E-state index contributed by atoms with van der Waals surface area (Å²) in [5.41, 5.74) is 3.51. The number of carbonyl (C=O) groups excluding carboxylic acids is 3. The van der Waals surface area contributed by atoms with Gasteiger partial charge in [-0.3, -0.25) is 19.3 Å². The molecule has 1 fully saturated rings. The summed E-state index contributed by atoms with van der Waals surface area (Å²) in [6, 6.07) is 16.9. The number of rotatable bonds is 6. The predicted octanol–water partition coefficient (Wildman–Crippen LogP) is 6.33. The zero-order chi connectivity index (χ0) is 26.8. The maximum Gasteiger partial charge on any atom is 0.294 e. The maximum atomic E-state index is 13.1. The van der Waals surface area contributed by atoms with Gasteiger partial charge in [0.2, 0.25) is 5.91 Å². The highest BCUT2D eigenvalue weighted by atomic mass is 35.5. The van der Waals surface area contributed by atoms with E-state index < -0.39 is 11.1 Å². The minimum Gasteiger partial charge on any atom is -0.486 e.